The second-order valence-electron chi connectivity index (χ2n) is 5.02. The summed E-state index contributed by atoms with van der Waals surface area (Å²) in [6.45, 7) is 10.4. The Morgan fingerprint density at radius 1 is 1.00 bits per heavy atom. The van der Waals surface area contributed by atoms with Crippen molar-refractivity contribution in [3.8, 4) is 0 Å². The Balaban J connectivity index is 0.000000487. The first-order chi connectivity index (χ1) is 7.43. The van der Waals surface area contributed by atoms with Crippen molar-refractivity contribution >= 4 is 5.78 Å². The van der Waals surface area contributed by atoms with E-state index < -0.39 is 0 Å². The molecule has 1 aromatic rings. The highest BCUT2D eigenvalue weighted by molar-refractivity contribution is 5.82. The van der Waals surface area contributed by atoms with Gasteiger partial charge in [0.25, 0.3) is 0 Å². The number of benzene rings is 1. The van der Waals surface area contributed by atoms with Crippen LogP contribution in [0, 0.1) is 11.8 Å². The molecule has 1 rings (SSSR count). The minimum absolute atomic E-state index is 0.144. The zero-order chi connectivity index (χ0) is 12.6. The zero-order valence-electron chi connectivity index (χ0n) is 11.2. The molecule has 1 heteroatoms. The summed E-state index contributed by atoms with van der Waals surface area (Å²) in [6.07, 6.45) is 0.568. The van der Waals surface area contributed by atoms with Crippen LogP contribution in [-0.2, 0) is 11.2 Å². The highest BCUT2D eigenvalue weighted by atomic mass is 16.1. The molecule has 0 aliphatic rings. The Labute approximate surface area is 99.9 Å². The van der Waals surface area contributed by atoms with Gasteiger partial charge in [0.1, 0.15) is 5.78 Å². The zero-order valence-corrected chi connectivity index (χ0v) is 11.2. The number of carbonyl (C=O) groups excluding carboxylic acids is 1. The lowest BCUT2D eigenvalue weighted by Gasteiger charge is -2.02. The van der Waals surface area contributed by atoms with Gasteiger partial charge in [-0.3, -0.25) is 4.79 Å². The van der Waals surface area contributed by atoms with Gasteiger partial charge in [-0.05, 0) is 11.5 Å². The average Bonchev–Trinajstić information content (AvgIpc) is 2.18. The van der Waals surface area contributed by atoms with E-state index >= 15 is 0 Å². The number of Topliss-reactive ketones (excluding diaryl/α,β-unsaturated/α-hetero) is 1. The number of hydrogen-bond acceptors (Lipinski definition) is 1. The molecule has 0 saturated heterocycles. The van der Waals surface area contributed by atoms with E-state index in [1.165, 1.54) is 0 Å². The lowest BCUT2D eigenvalue weighted by atomic mass is 10.0. The molecule has 0 unspecified atom stereocenters. The van der Waals surface area contributed by atoms with E-state index in [2.05, 4.69) is 20.8 Å². The van der Waals surface area contributed by atoms with Gasteiger partial charge in [-0.15, -0.1) is 0 Å². The average molecular weight is 220 g/mol. The Bertz CT molecular complexity index is 283. The van der Waals surface area contributed by atoms with Gasteiger partial charge in [-0.1, -0.05) is 65.0 Å². The molecular weight excluding hydrogens is 196 g/mol. The van der Waals surface area contributed by atoms with E-state index in [0.29, 0.717) is 12.2 Å². The van der Waals surface area contributed by atoms with Crippen molar-refractivity contribution in [3.63, 3.8) is 0 Å². The Kier molecular flexibility index (Phi) is 7.53. The second-order valence-corrected chi connectivity index (χ2v) is 5.02. The molecule has 0 bridgehead atoms. The number of carbonyl (C=O) groups is 1. The maximum absolute atomic E-state index is 11.3. The van der Waals surface area contributed by atoms with Crippen LogP contribution in [0.5, 0.6) is 0 Å². The maximum Gasteiger partial charge on any atom is 0.139 e. The van der Waals surface area contributed by atoms with Gasteiger partial charge < -0.3 is 0 Å². The molecule has 0 N–H and O–H groups in total. The SMILES string of the molecule is CC(C)C.CC(C)C(=O)Cc1ccccc1. The van der Waals surface area contributed by atoms with E-state index in [1.54, 1.807) is 0 Å². The third-order valence-electron chi connectivity index (χ3n) is 1.87. The lowest BCUT2D eigenvalue weighted by Crippen LogP contribution is -2.09. The summed E-state index contributed by atoms with van der Waals surface area (Å²) < 4.78 is 0. The van der Waals surface area contributed by atoms with Crippen LogP contribution in [0.3, 0.4) is 0 Å². The summed E-state index contributed by atoms with van der Waals surface area (Å²) in [5, 5.41) is 0. The van der Waals surface area contributed by atoms with Crippen molar-refractivity contribution in [1.29, 1.82) is 0 Å². The fourth-order valence-electron chi connectivity index (χ4n) is 1.00. The highest BCUT2D eigenvalue weighted by Gasteiger charge is 2.06. The summed E-state index contributed by atoms with van der Waals surface area (Å²) in [4.78, 5) is 11.3. The fourth-order valence-corrected chi connectivity index (χ4v) is 1.00. The third kappa shape index (κ3) is 8.22. The largest absolute Gasteiger partial charge is 0.299 e. The molecule has 0 spiro atoms. The minimum atomic E-state index is 0.144. The molecule has 0 fully saturated rings. The van der Waals surface area contributed by atoms with Crippen molar-refractivity contribution in [1.82, 2.24) is 0 Å². The number of rotatable bonds is 3. The molecule has 1 nitrogen and oxygen atoms in total. The summed E-state index contributed by atoms with van der Waals surface area (Å²) >= 11 is 0. The van der Waals surface area contributed by atoms with Crippen molar-refractivity contribution in [2.24, 2.45) is 11.8 Å². The van der Waals surface area contributed by atoms with Crippen LogP contribution in [0.25, 0.3) is 0 Å². The van der Waals surface area contributed by atoms with E-state index in [9.17, 15) is 4.79 Å². The summed E-state index contributed by atoms with van der Waals surface area (Å²) in [5.74, 6) is 1.28. The van der Waals surface area contributed by atoms with Gasteiger partial charge >= 0.3 is 0 Å². The van der Waals surface area contributed by atoms with Gasteiger partial charge in [-0.2, -0.15) is 0 Å². The van der Waals surface area contributed by atoms with Gasteiger partial charge in [0.15, 0.2) is 0 Å². The second kappa shape index (κ2) is 8.09. The molecule has 0 aliphatic heterocycles. The lowest BCUT2D eigenvalue weighted by molar-refractivity contribution is -0.121. The minimum Gasteiger partial charge on any atom is -0.299 e. The smallest absolute Gasteiger partial charge is 0.139 e. The van der Waals surface area contributed by atoms with Crippen molar-refractivity contribution in [3.05, 3.63) is 35.9 Å². The van der Waals surface area contributed by atoms with E-state index in [4.69, 9.17) is 0 Å². The highest BCUT2D eigenvalue weighted by Crippen LogP contribution is 2.04. The first-order valence-electron chi connectivity index (χ1n) is 6.00. The Morgan fingerprint density at radius 3 is 1.81 bits per heavy atom. The van der Waals surface area contributed by atoms with Crippen LogP contribution in [0.1, 0.15) is 40.2 Å². The predicted molar refractivity (Wildman–Crippen MR) is 70.5 cm³/mol. The molecule has 0 radical (unpaired) electrons. The number of ketones is 1. The van der Waals surface area contributed by atoms with Gasteiger partial charge in [0, 0.05) is 12.3 Å². The van der Waals surface area contributed by atoms with Crippen molar-refractivity contribution in [2.75, 3.05) is 0 Å². The van der Waals surface area contributed by atoms with Crippen LogP contribution in [0.4, 0.5) is 0 Å². The Hall–Kier alpha value is -1.11. The maximum atomic E-state index is 11.3. The fraction of sp³-hybridized carbons (Fsp3) is 0.533. The molecule has 0 aromatic heterocycles. The predicted octanol–water partition coefficient (Wildman–Crippen LogP) is 4.12. The van der Waals surface area contributed by atoms with Crippen LogP contribution < -0.4 is 0 Å². The van der Waals surface area contributed by atoms with Crippen molar-refractivity contribution < 1.29 is 4.79 Å². The molecular formula is C15H24O. The molecule has 0 amide bonds. The molecule has 0 saturated carbocycles. The van der Waals surface area contributed by atoms with Crippen LogP contribution in [0.15, 0.2) is 30.3 Å². The summed E-state index contributed by atoms with van der Waals surface area (Å²) in [5.41, 5.74) is 1.11. The standard InChI is InChI=1S/C11H14O.C4H10/c1-9(2)11(12)8-10-6-4-3-5-7-10;1-4(2)3/h3-7,9H,8H2,1-2H3;4H,1-3H3. The topological polar surface area (TPSA) is 17.1 Å². The van der Waals surface area contributed by atoms with Gasteiger partial charge in [0.2, 0.25) is 0 Å². The van der Waals surface area contributed by atoms with E-state index in [0.717, 1.165) is 11.5 Å². The Morgan fingerprint density at radius 2 is 1.44 bits per heavy atom. The molecule has 0 aliphatic carbocycles. The molecule has 1 aromatic carbocycles. The first kappa shape index (κ1) is 14.9. The normalized spacial score (nSPS) is 9.94. The molecule has 90 valence electrons. The van der Waals surface area contributed by atoms with E-state index in [1.807, 2.05) is 44.2 Å². The van der Waals surface area contributed by atoms with Gasteiger partial charge in [0.05, 0.1) is 0 Å². The van der Waals surface area contributed by atoms with Crippen LogP contribution in [0.2, 0.25) is 0 Å². The molecule has 0 heterocycles. The van der Waals surface area contributed by atoms with Crippen molar-refractivity contribution in [2.45, 2.75) is 41.0 Å². The number of hydrogen-bond donors (Lipinski definition) is 0. The first-order valence-corrected chi connectivity index (χ1v) is 6.00. The van der Waals surface area contributed by atoms with Crippen LogP contribution in [-0.4, -0.2) is 5.78 Å². The monoisotopic (exact) mass is 220 g/mol. The van der Waals surface area contributed by atoms with Gasteiger partial charge in [-0.25, -0.2) is 0 Å². The third-order valence-corrected chi connectivity index (χ3v) is 1.87. The van der Waals surface area contributed by atoms with E-state index in [-0.39, 0.29) is 5.92 Å². The quantitative estimate of drug-likeness (QED) is 0.749. The molecule has 0 atom stereocenters. The summed E-state index contributed by atoms with van der Waals surface area (Å²) in [7, 11) is 0. The summed E-state index contributed by atoms with van der Waals surface area (Å²) in [6, 6.07) is 9.86. The molecule has 16 heavy (non-hydrogen) atoms. The van der Waals surface area contributed by atoms with Crippen LogP contribution >= 0.6 is 0 Å².